The van der Waals surface area contributed by atoms with Crippen LogP contribution in [0.2, 0.25) is 0 Å². The molecule has 0 saturated heterocycles. The summed E-state index contributed by atoms with van der Waals surface area (Å²) in [6, 6.07) is 0.203. The van der Waals surface area contributed by atoms with Crippen LogP contribution in [-0.4, -0.2) is 59.3 Å². The third-order valence-electron chi connectivity index (χ3n) is 3.97. The molecule has 0 radical (unpaired) electrons. The Kier molecular flexibility index (Phi) is 7.44. The van der Waals surface area contributed by atoms with Crippen molar-refractivity contribution in [2.24, 2.45) is 4.99 Å². The summed E-state index contributed by atoms with van der Waals surface area (Å²) in [5.74, 6) is 1.69. The first-order valence-corrected chi connectivity index (χ1v) is 9.44. The SMILES string of the molecule is CN=C(NCCS(=O)(=O)C(C)(C)C)NC1CCc2ncnn2C1.I. The molecule has 2 rings (SSSR count). The lowest BCUT2D eigenvalue weighted by Gasteiger charge is -2.25. The summed E-state index contributed by atoms with van der Waals surface area (Å²) in [5.41, 5.74) is 0. The van der Waals surface area contributed by atoms with Gasteiger partial charge in [0.05, 0.1) is 17.0 Å². The molecule has 0 amide bonds. The van der Waals surface area contributed by atoms with Crippen LogP contribution < -0.4 is 10.6 Å². The van der Waals surface area contributed by atoms with Crippen LogP contribution in [0.25, 0.3) is 0 Å². The molecule has 0 saturated carbocycles. The van der Waals surface area contributed by atoms with Crippen molar-refractivity contribution < 1.29 is 8.42 Å². The quantitative estimate of drug-likeness (QED) is 0.380. The van der Waals surface area contributed by atoms with Gasteiger partial charge in [-0.05, 0) is 27.2 Å². The predicted octanol–water partition coefficient (Wildman–Crippen LogP) is 0.589. The van der Waals surface area contributed by atoms with Gasteiger partial charge >= 0.3 is 0 Å². The van der Waals surface area contributed by atoms with E-state index in [9.17, 15) is 8.42 Å². The maximum absolute atomic E-state index is 12.1. The molecule has 0 spiro atoms. The molecule has 2 N–H and O–H groups in total. The zero-order valence-electron chi connectivity index (χ0n) is 14.6. The van der Waals surface area contributed by atoms with E-state index in [4.69, 9.17) is 0 Å². The van der Waals surface area contributed by atoms with E-state index in [1.807, 2.05) is 4.68 Å². The molecule has 24 heavy (non-hydrogen) atoms. The summed E-state index contributed by atoms with van der Waals surface area (Å²) in [4.78, 5) is 8.36. The van der Waals surface area contributed by atoms with Crippen LogP contribution in [0.3, 0.4) is 0 Å². The minimum absolute atomic E-state index is 0. The normalized spacial score (nSPS) is 18.5. The first kappa shape index (κ1) is 21.1. The largest absolute Gasteiger partial charge is 0.355 e. The molecule has 10 heteroatoms. The molecule has 0 aliphatic carbocycles. The number of aryl methyl sites for hydroxylation is 1. The predicted molar refractivity (Wildman–Crippen MR) is 106 cm³/mol. The maximum Gasteiger partial charge on any atom is 0.191 e. The van der Waals surface area contributed by atoms with Crippen molar-refractivity contribution in [3.63, 3.8) is 0 Å². The average Bonchev–Trinajstić information content (AvgIpc) is 2.92. The zero-order valence-corrected chi connectivity index (χ0v) is 17.8. The van der Waals surface area contributed by atoms with E-state index < -0.39 is 14.6 Å². The summed E-state index contributed by atoms with van der Waals surface area (Å²) in [6.07, 6.45) is 3.38. The second kappa shape index (κ2) is 8.45. The fraction of sp³-hybridized carbons (Fsp3) is 0.786. The summed E-state index contributed by atoms with van der Waals surface area (Å²) >= 11 is 0. The van der Waals surface area contributed by atoms with Crippen molar-refractivity contribution in [3.8, 4) is 0 Å². The van der Waals surface area contributed by atoms with Crippen molar-refractivity contribution in [2.45, 2.75) is 50.9 Å². The Morgan fingerprint density at radius 1 is 1.46 bits per heavy atom. The van der Waals surface area contributed by atoms with Gasteiger partial charge in [0, 0.05) is 26.1 Å². The number of nitrogens with zero attached hydrogens (tertiary/aromatic N) is 4. The fourth-order valence-corrected chi connectivity index (χ4v) is 3.34. The summed E-state index contributed by atoms with van der Waals surface area (Å²) in [6.45, 7) is 6.21. The third-order valence-corrected chi connectivity index (χ3v) is 6.57. The highest BCUT2D eigenvalue weighted by atomic mass is 127. The fourth-order valence-electron chi connectivity index (χ4n) is 2.35. The zero-order chi connectivity index (χ0) is 17.1. The lowest BCUT2D eigenvalue weighted by atomic mass is 10.1. The van der Waals surface area contributed by atoms with E-state index in [0.29, 0.717) is 12.5 Å². The van der Waals surface area contributed by atoms with Crippen LogP contribution >= 0.6 is 24.0 Å². The first-order chi connectivity index (χ1) is 10.7. The Hall–Kier alpha value is -0.910. The van der Waals surface area contributed by atoms with Crippen molar-refractivity contribution in [3.05, 3.63) is 12.2 Å². The maximum atomic E-state index is 12.1. The summed E-state index contributed by atoms with van der Waals surface area (Å²) < 4.78 is 25.4. The number of hydrogen-bond acceptors (Lipinski definition) is 5. The number of guanidine groups is 1. The van der Waals surface area contributed by atoms with Crippen molar-refractivity contribution in [1.29, 1.82) is 0 Å². The molecule has 2 heterocycles. The van der Waals surface area contributed by atoms with Crippen molar-refractivity contribution in [1.82, 2.24) is 25.4 Å². The smallest absolute Gasteiger partial charge is 0.191 e. The van der Waals surface area contributed by atoms with Gasteiger partial charge in [-0.2, -0.15) is 5.10 Å². The van der Waals surface area contributed by atoms with E-state index in [1.54, 1.807) is 34.1 Å². The molecule has 0 bridgehead atoms. The molecule has 1 atom stereocenters. The summed E-state index contributed by atoms with van der Waals surface area (Å²) in [7, 11) is -1.46. The number of aliphatic imine (C=N–C) groups is 1. The molecule has 1 aliphatic heterocycles. The second-order valence-corrected chi connectivity index (χ2v) is 9.53. The first-order valence-electron chi connectivity index (χ1n) is 7.79. The molecular formula is C14H27IN6O2S. The van der Waals surface area contributed by atoms with Crippen LogP contribution in [0.1, 0.15) is 33.0 Å². The summed E-state index contributed by atoms with van der Waals surface area (Å²) in [5, 5.41) is 10.6. The second-order valence-electron chi connectivity index (χ2n) is 6.67. The van der Waals surface area contributed by atoms with E-state index in [1.165, 1.54) is 0 Å². The van der Waals surface area contributed by atoms with Gasteiger partial charge in [0.15, 0.2) is 15.8 Å². The Morgan fingerprint density at radius 3 is 2.79 bits per heavy atom. The van der Waals surface area contributed by atoms with Gasteiger partial charge in [0.25, 0.3) is 0 Å². The lowest BCUT2D eigenvalue weighted by Crippen LogP contribution is -2.48. The van der Waals surface area contributed by atoms with Gasteiger partial charge in [-0.15, -0.1) is 24.0 Å². The Labute approximate surface area is 160 Å². The van der Waals surface area contributed by atoms with Crippen LogP contribution in [0, 0.1) is 0 Å². The van der Waals surface area contributed by atoms with Gasteiger partial charge < -0.3 is 10.6 Å². The minimum atomic E-state index is -3.13. The van der Waals surface area contributed by atoms with Gasteiger partial charge in [0.2, 0.25) is 0 Å². The van der Waals surface area contributed by atoms with Crippen molar-refractivity contribution in [2.75, 3.05) is 19.3 Å². The van der Waals surface area contributed by atoms with Crippen LogP contribution in [0.15, 0.2) is 11.3 Å². The number of hydrogen-bond donors (Lipinski definition) is 2. The highest BCUT2D eigenvalue weighted by molar-refractivity contribution is 14.0. The number of aromatic nitrogens is 3. The monoisotopic (exact) mass is 470 g/mol. The molecule has 8 nitrogen and oxygen atoms in total. The Bertz CT molecular complexity index is 665. The molecule has 1 aliphatic rings. The number of sulfone groups is 1. The molecule has 1 aromatic rings. The standard InChI is InChI=1S/C14H26N6O2S.HI/c1-14(2,3)23(21,22)8-7-16-13(15-4)19-11-5-6-12-17-10-18-20(12)9-11;/h10-11H,5-9H2,1-4H3,(H2,15,16,19);1H. The van der Waals surface area contributed by atoms with Crippen molar-refractivity contribution >= 4 is 39.8 Å². The van der Waals surface area contributed by atoms with E-state index in [-0.39, 0.29) is 35.8 Å². The van der Waals surface area contributed by atoms with E-state index in [2.05, 4.69) is 25.7 Å². The molecule has 1 aromatic heterocycles. The molecule has 1 unspecified atom stereocenters. The van der Waals surface area contributed by atoms with Gasteiger partial charge in [-0.1, -0.05) is 0 Å². The molecular weight excluding hydrogens is 443 g/mol. The topological polar surface area (TPSA) is 101 Å². The van der Waals surface area contributed by atoms with Crippen LogP contribution in [0.4, 0.5) is 0 Å². The lowest BCUT2D eigenvalue weighted by molar-refractivity contribution is 0.393. The Morgan fingerprint density at radius 2 is 2.17 bits per heavy atom. The minimum Gasteiger partial charge on any atom is -0.355 e. The highest BCUT2D eigenvalue weighted by Gasteiger charge is 2.28. The third kappa shape index (κ3) is 5.30. The van der Waals surface area contributed by atoms with Crippen LogP contribution in [-0.2, 0) is 22.8 Å². The Balaban J connectivity index is 0.00000288. The highest BCUT2D eigenvalue weighted by Crippen LogP contribution is 2.15. The van der Waals surface area contributed by atoms with Gasteiger partial charge in [-0.25, -0.2) is 18.1 Å². The van der Waals surface area contributed by atoms with Gasteiger partial charge in [0.1, 0.15) is 12.2 Å². The van der Waals surface area contributed by atoms with Crippen LogP contribution in [0.5, 0.6) is 0 Å². The number of fused-ring (bicyclic) bond motifs is 1. The molecule has 138 valence electrons. The number of halogens is 1. The van der Waals surface area contributed by atoms with Gasteiger partial charge in [-0.3, -0.25) is 4.99 Å². The van der Waals surface area contributed by atoms with E-state index in [0.717, 1.165) is 25.2 Å². The molecule has 0 fully saturated rings. The average molecular weight is 470 g/mol. The van der Waals surface area contributed by atoms with E-state index >= 15 is 0 Å². The number of rotatable bonds is 4. The number of nitrogens with one attached hydrogen (secondary N) is 2. The molecule has 0 aromatic carbocycles.